The van der Waals surface area contributed by atoms with Crippen LogP contribution in [0, 0.1) is 22.7 Å². The molecule has 5 nitrogen and oxygen atoms in total. The minimum atomic E-state index is -0.267. The minimum Gasteiger partial charge on any atom is -0.406 e. The van der Waals surface area contributed by atoms with E-state index in [2.05, 4.69) is 54.4 Å². The van der Waals surface area contributed by atoms with Crippen LogP contribution < -0.4 is 4.74 Å². The maximum atomic E-state index is 12.7. The van der Waals surface area contributed by atoms with Crippen molar-refractivity contribution < 1.29 is 9.53 Å². The molecular weight excluding hydrogens is 422 g/mol. The number of hydrogen-bond acceptors (Lipinski definition) is 5. The first kappa shape index (κ1) is 25.9. The number of carbonyl (C=O) groups is 1. The summed E-state index contributed by atoms with van der Waals surface area (Å²) >= 11 is 0. The lowest BCUT2D eigenvalue weighted by atomic mass is 9.69. The van der Waals surface area contributed by atoms with Crippen molar-refractivity contribution in [1.82, 2.24) is 10.2 Å². The van der Waals surface area contributed by atoms with E-state index >= 15 is 0 Å². The second kappa shape index (κ2) is 13.2. The van der Waals surface area contributed by atoms with Crippen molar-refractivity contribution in [3.63, 3.8) is 0 Å². The number of unbranched alkanes of at least 4 members (excludes halogenated alkanes) is 5. The van der Waals surface area contributed by atoms with E-state index in [1.54, 1.807) is 6.07 Å². The van der Waals surface area contributed by atoms with Gasteiger partial charge in [0.25, 0.3) is 0 Å². The highest BCUT2D eigenvalue weighted by atomic mass is 16.5. The van der Waals surface area contributed by atoms with Crippen molar-refractivity contribution in [2.24, 2.45) is 11.3 Å². The van der Waals surface area contributed by atoms with E-state index in [9.17, 15) is 10.1 Å². The maximum absolute atomic E-state index is 12.7. The number of nitrogens with zero attached hydrogens (tertiary/aromatic N) is 3. The zero-order valence-corrected chi connectivity index (χ0v) is 20.9. The molecule has 1 aromatic heterocycles. The van der Waals surface area contributed by atoms with Crippen LogP contribution in [0.1, 0.15) is 96.5 Å². The lowest BCUT2D eigenvalue weighted by molar-refractivity contribution is -0.140. The molecule has 0 aliphatic heterocycles. The normalized spacial score (nSPS) is 20.0. The van der Waals surface area contributed by atoms with Crippen molar-refractivity contribution in [2.45, 2.75) is 97.3 Å². The molecule has 1 fully saturated rings. The molecule has 3 rings (SSSR count). The number of ether oxygens (including phenoxy) is 1. The molecule has 0 radical (unpaired) electrons. The second-order valence-corrected chi connectivity index (χ2v) is 9.81. The largest absolute Gasteiger partial charge is 0.406 e. The topological polar surface area (TPSA) is 75.9 Å². The fourth-order valence-corrected chi connectivity index (χ4v) is 4.83. The Bertz CT molecular complexity index is 923. The van der Waals surface area contributed by atoms with Crippen LogP contribution in [-0.2, 0) is 11.2 Å². The van der Waals surface area contributed by atoms with E-state index < -0.39 is 0 Å². The predicted molar refractivity (Wildman–Crippen MR) is 135 cm³/mol. The van der Waals surface area contributed by atoms with Crippen molar-refractivity contribution in [3.8, 4) is 23.2 Å². The van der Waals surface area contributed by atoms with Gasteiger partial charge in [0.2, 0.25) is 5.88 Å². The van der Waals surface area contributed by atoms with Gasteiger partial charge in [-0.15, -0.1) is 10.2 Å². The minimum absolute atomic E-state index is 0.168. The second-order valence-electron chi connectivity index (χ2n) is 9.81. The molecule has 1 saturated carbocycles. The summed E-state index contributed by atoms with van der Waals surface area (Å²) in [5.41, 5.74) is 2.82. The van der Waals surface area contributed by atoms with Crippen LogP contribution in [0.4, 0.5) is 0 Å². The average molecular weight is 462 g/mol. The summed E-state index contributed by atoms with van der Waals surface area (Å²) in [6.45, 7) is 4.41. The van der Waals surface area contributed by atoms with Gasteiger partial charge >= 0.3 is 5.97 Å². The van der Waals surface area contributed by atoms with Gasteiger partial charge in [-0.3, -0.25) is 4.79 Å². The molecular formula is C29H39N3O2. The van der Waals surface area contributed by atoms with Gasteiger partial charge in [-0.25, -0.2) is 0 Å². The molecule has 182 valence electrons. The summed E-state index contributed by atoms with van der Waals surface area (Å²) in [7, 11) is 0. The van der Waals surface area contributed by atoms with Crippen LogP contribution in [0.3, 0.4) is 0 Å². The summed E-state index contributed by atoms with van der Waals surface area (Å²) in [6, 6.07) is 14.5. The number of hydrogen-bond donors (Lipinski definition) is 0. The fraction of sp³-hybridized carbons (Fsp3) is 0.586. The van der Waals surface area contributed by atoms with Gasteiger partial charge in [0.15, 0.2) is 0 Å². The molecule has 0 spiro atoms. The molecule has 0 saturated heterocycles. The molecule has 0 bridgehead atoms. The third kappa shape index (κ3) is 7.38. The van der Waals surface area contributed by atoms with Crippen LogP contribution in [-0.4, -0.2) is 16.2 Å². The smallest absolute Gasteiger partial charge is 0.315 e. The van der Waals surface area contributed by atoms with Gasteiger partial charge in [-0.2, -0.15) is 5.26 Å². The van der Waals surface area contributed by atoms with E-state index in [-0.39, 0.29) is 23.2 Å². The van der Waals surface area contributed by atoms with Crippen molar-refractivity contribution >= 4 is 5.97 Å². The highest BCUT2D eigenvalue weighted by Crippen LogP contribution is 2.42. The number of carbonyl (C=O) groups excluding carboxylic acids is 1. The summed E-state index contributed by atoms with van der Waals surface area (Å²) in [5.74, 6) is -0.183. The number of esters is 1. The van der Waals surface area contributed by atoms with Crippen LogP contribution in [0.5, 0.6) is 5.88 Å². The number of benzene rings is 1. The Morgan fingerprint density at radius 1 is 0.971 bits per heavy atom. The van der Waals surface area contributed by atoms with Gasteiger partial charge in [-0.05, 0) is 56.6 Å². The van der Waals surface area contributed by atoms with Crippen LogP contribution in [0.15, 0.2) is 36.4 Å². The highest BCUT2D eigenvalue weighted by Gasteiger charge is 2.38. The van der Waals surface area contributed by atoms with Gasteiger partial charge in [-0.1, -0.05) is 76.6 Å². The predicted octanol–water partition coefficient (Wildman–Crippen LogP) is 7.45. The van der Waals surface area contributed by atoms with Crippen LogP contribution in [0.25, 0.3) is 11.3 Å². The Labute approximate surface area is 204 Å². The Balaban J connectivity index is 1.48. The third-order valence-corrected chi connectivity index (χ3v) is 7.19. The molecule has 2 aromatic rings. The lowest BCUT2D eigenvalue weighted by Crippen LogP contribution is -2.31. The fourth-order valence-electron chi connectivity index (χ4n) is 4.83. The van der Waals surface area contributed by atoms with Crippen molar-refractivity contribution in [1.29, 1.82) is 5.26 Å². The lowest BCUT2D eigenvalue weighted by Gasteiger charge is -2.34. The van der Waals surface area contributed by atoms with Crippen LogP contribution >= 0.6 is 0 Å². The Kier molecular flexibility index (Phi) is 10.1. The van der Waals surface area contributed by atoms with E-state index in [4.69, 9.17) is 4.74 Å². The van der Waals surface area contributed by atoms with Crippen molar-refractivity contribution in [2.75, 3.05) is 0 Å². The van der Waals surface area contributed by atoms with E-state index in [0.29, 0.717) is 12.8 Å². The number of aryl methyl sites for hydroxylation is 1. The van der Waals surface area contributed by atoms with Gasteiger partial charge in [0.1, 0.15) is 0 Å². The highest BCUT2D eigenvalue weighted by molar-refractivity contribution is 5.75. The maximum Gasteiger partial charge on any atom is 0.315 e. The summed E-state index contributed by atoms with van der Waals surface area (Å²) in [5, 5.41) is 18.2. The molecule has 0 unspecified atom stereocenters. The number of rotatable bonds is 12. The molecule has 0 atom stereocenters. The molecule has 1 heterocycles. The average Bonchev–Trinajstić information content (AvgIpc) is 2.88. The monoisotopic (exact) mass is 461 g/mol. The molecule has 0 N–H and O–H groups in total. The molecule has 1 aliphatic rings. The standard InChI is InChI=1S/C29H39N3O2/c1-3-5-7-8-9-19-29(22-30)20-17-25(18-21-29)28(33)34-27-16-15-26(31-32-27)24-13-11-23(12-14-24)10-6-4-2/h11-16,25H,3-10,17-21H2,1-2H3. The summed E-state index contributed by atoms with van der Waals surface area (Å²) < 4.78 is 5.54. The molecule has 34 heavy (non-hydrogen) atoms. The van der Waals surface area contributed by atoms with Gasteiger partial charge in [0, 0.05) is 11.6 Å². The first-order valence-electron chi connectivity index (χ1n) is 13.1. The summed E-state index contributed by atoms with van der Waals surface area (Å²) in [4.78, 5) is 12.7. The van der Waals surface area contributed by atoms with Gasteiger partial charge in [0.05, 0.1) is 23.1 Å². The SMILES string of the molecule is CCCCCCCC1(C#N)CCC(C(=O)Oc2ccc(-c3ccc(CCCC)cc3)nn2)CC1. The zero-order chi connectivity index (χ0) is 24.2. The molecule has 0 amide bonds. The summed E-state index contributed by atoms with van der Waals surface area (Å²) in [6.07, 6.45) is 13.4. The van der Waals surface area contributed by atoms with Crippen LogP contribution in [0.2, 0.25) is 0 Å². The molecule has 1 aromatic carbocycles. The Morgan fingerprint density at radius 3 is 2.29 bits per heavy atom. The molecule has 1 aliphatic carbocycles. The quantitative estimate of drug-likeness (QED) is 0.242. The zero-order valence-electron chi connectivity index (χ0n) is 20.9. The van der Waals surface area contributed by atoms with E-state index in [0.717, 1.165) is 43.4 Å². The Hall–Kier alpha value is -2.74. The molecule has 5 heteroatoms. The Morgan fingerprint density at radius 2 is 1.68 bits per heavy atom. The number of nitriles is 1. The third-order valence-electron chi connectivity index (χ3n) is 7.19. The van der Waals surface area contributed by atoms with Gasteiger partial charge < -0.3 is 4.74 Å². The van der Waals surface area contributed by atoms with Crippen molar-refractivity contribution in [3.05, 3.63) is 42.0 Å². The number of aromatic nitrogens is 2. The van der Waals surface area contributed by atoms with E-state index in [1.165, 1.54) is 44.1 Å². The van der Waals surface area contributed by atoms with E-state index in [1.807, 2.05) is 6.07 Å². The first-order valence-corrected chi connectivity index (χ1v) is 13.1. The first-order chi connectivity index (χ1) is 16.6.